The molecule has 2 aromatic rings. The summed E-state index contributed by atoms with van der Waals surface area (Å²) >= 11 is 8.24. The van der Waals surface area contributed by atoms with Gasteiger partial charge in [0.1, 0.15) is 12.4 Å². The molecule has 1 atom stereocenters. The van der Waals surface area contributed by atoms with Gasteiger partial charge in [0.2, 0.25) is 0 Å². The molecule has 1 N–H and O–H groups in total. The van der Waals surface area contributed by atoms with Gasteiger partial charge in [-0.05, 0) is 71.8 Å². The van der Waals surface area contributed by atoms with Crippen LogP contribution in [0.25, 0.3) is 0 Å². The molecule has 1 aliphatic rings. The van der Waals surface area contributed by atoms with Gasteiger partial charge in [-0.1, -0.05) is 17.7 Å². The molecule has 24 heavy (non-hydrogen) atoms. The minimum atomic E-state index is -0.197. The van der Waals surface area contributed by atoms with Gasteiger partial charge in [0.05, 0.1) is 11.8 Å². The molecule has 6 heteroatoms. The Morgan fingerprint density at radius 1 is 1.33 bits per heavy atom. The number of amides is 1. The summed E-state index contributed by atoms with van der Waals surface area (Å²) in [6.45, 7) is 1.25. The van der Waals surface area contributed by atoms with Crippen LogP contribution in [-0.2, 0) is 4.74 Å². The molecule has 1 unspecified atom stereocenters. The summed E-state index contributed by atoms with van der Waals surface area (Å²) in [6, 6.07) is 12.6. The van der Waals surface area contributed by atoms with E-state index in [4.69, 9.17) is 21.1 Å². The summed E-state index contributed by atoms with van der Waals surface area (Å²) in [5.41, 5.74) is 1.15. The Morgan fingerprint density at radius 2 is 2.21 bits per heavy atom. The number of hydrogen-bond donors (Lipinski definition) is 1. The van der Waals surface area contributed by atoms with Crippen LogP contribution in [0.4, 0.5) is 5.69 Å². The molecule has 1 heterocycles. The second-order valence-electron chi connectivity index (χ2n) is 5.55. The number of carbonyl (C=O) groups excluding carboxylic acids is 1. The Kier molecular flexibility index (Phi) is 5.97. The normalized spacial score (nSPS) is 16.8. The summed E-state index contributed by atoms with van der Waals surface area (Å²) in [4.78, 5) is 12.5. The average Bonchev–Trinajstić information content (AvgIpc) is 3.07. The highest BCUT2D eigenvalue weighted by atomic mass is 127. The van der Waals surface area contributed by atoms with Crippen LogP contribution in [0, 0.1) is 3.57 Å². The first-order valence-corrected chi connectivity index (χ1v) is 9.18. The van der Waals surface area contributed by atoms with Crippen LogP contribution in [-0.4, -0.2) is 25.2 Å². The molecule has 1 amide bonds. The van der Waals surface area contributed by atoms with Crippen molar-refractivity contribution in [3.8, 4) is 5.75 Å². The second-order valence-corrected chi connectivity index (χ2v) is 7.23. The highest BCUT2D eigenvalue weighted by molar-refractivity contribution is 14.1. The quantitative estimate of drug-likeness (QED) is 0.659. The minimum Gasteiger partial charge on any atom is -0.489 e. The molecule has 3 rings (SSSR count). The van der Waals surface area contributed by atoms with Gasteiger partial charge in [-0.3, -0.25) is 4.79 Å². The Hall–Kier alpha value is -1.31. The average molecular weight is 458 g/mol. The summed E-state index contributed by atoms with van der Waals surface area (Å²) in [5.74, 6) is 0.395. The Balaban J connectivity index is 1.73. The van der Waals surface area contributed by atoms with Gasteiger partial charge in [0.25, 0.3) is 5.91 Å². The van der Waals surface area contributed by atoms with E-state index in [9.17, 15) is 4.79 Å². The standard InChI is InChI=1S/C18H17ClINO3/c19-13-6-7-17(24-11-15-5-2-8-23-15)16(10-13)21-18(22)12-3-1-4-14(20)9-12/h1,3-4,6-7,9-10,15H,2,5,8,11H2,(H,21,22). The first-order chi connectivity index (χ1) is 11.6. The fourth-order valence-corrected chi connectivity index (χ4v) is 3.22. The number of nitrogens with one attached hydrogen (secondary N) is 1. The number of halogens is 2. The predicted molar refractivity (Wildman–Crippen MR) is 103 cm³/mol. The fraction of sp³-hybridized carbons (Fsp3) is 0.278. The molecule has 0 aromatic heterocycles. The molecule has 4 nitrogen and oxygen atoms in total. The van der Waals surface area contributed by atoms with Crippen molar-refractivity contribution in [2.75, 3.05) is 18.5 Å². The SMILES string of the molecule is O=C(Nc1cc(Cl)ccc1OCC1CCCO1)c1cccc(I)c1. The van der Waals surface area contributed by atoms with Crippen molar-refractivity contribution in [1.82, 2.24) is 0 Å². The van der Waals surface area contributed by atoms with Crippen LogP contribution in [0.2, 0.25) is 5.02 Å². The summed E-state index contributed by atoms with van der Waals surface area (Å²) in [6.07, 6.45) is 2.17. The van der Waals surface area contributed by atoms with Gasteiger partial charge < -0.3 is 14.8 Å². The van der Waals surface area contributed by atoms with Crippen LogP contribution in [0.1, 0.15) is 23.2 Å². The number of rotatable bonds is 5. The lowest BCUT2D eigenvalue weighted by Gasteiger charge is -2.15. The Morgan fingerprint density at radius 3 is 2.96 bits per heavy atom. The van der Waals surface area contributed by atoms with Crippen molar-refractivity contribution in [2.45, 2.75) is 18.9 Å². The highest BCUT2D eigenvalue weighted by Gasteiger charge is 2.17. The third kappa shape index (κ3) is 4.62. The molecular weight excluding hydrogens is 441 g/mol. The molecule has 0 bridgehead atoms. The van der Waals surface area contributed by atoms with Crippen molar-refractivity contribution in [3.05, 3.63) is 56.6 Å². The van der Waals surface area contributed by atoms with E-state index in [0.717, 1.165) is 23.0 Å². The molecular formula is C18H17ClINO3. The molecule has 0 radical (unpaired) electrons. The van der Waals surface area contributed by atoms with E-state index in [1.807, 2.05) is 18.2 Å². The van der Waals surface area contributed by atoms with Gasteiger partial charge in [-0.2, -0.15) is 0 Å². The van der Waals surface area contributed by atoms with Crippen LogP contribution >= 0.6 is 34.2 Å². The fourth-order valence-electron chi connectivity index (χ4n) is 2.51. The maximum Gasteiger partial charge on any atom is 0.255 e. The number of benzene rings is 2. The number of hydrogen-bond acceptors (Lipinski definition) is 3. The van der Waals surface area contributed by atoms with Crippen LogP contribution < -0.4 is 10.1 Å². The van der Waals surface area contributed by atoms with Gasteiger partial charge in [-0.25, -0.2) is 0 Å². The maximum atomic E-state index is 12.5. The van der Waals surface area contributed by atoms with Crippen molar-refractivity contribution >= 4 is 45.8 Å². The second kappa shape index (κ2) is 8.18. The predicted octanol–water partition coefficient (Wildman–Crippen LogP) is 4.75. The van der Waals surface area contributed by atoms with E-state index >= 15 is 0 Å². The lowest BCUT2D eigenvalue weighted by Crippen LogP contribution is -2.18. The summed E-state index contributed by atoms with van der Waals surface area (Å²) in [7, 11) is 0. The molecule has 1 aliphatic heterocycles. The first-order valence-electron chi connectivity index (χ1n) is 7.73. The third-order valence-electron chi connectivity index (χ3n) is 3.73. The Bertz CT molecular complexity index is 732. The monoisotopic (exact) mass is 457 g/mol. The molecule has 0 saturated carbocycles. The first kappa shape index (κ1) is 17.5. The van der Waals surface area contributed by atoms with E-state index in [1.165, 1.54) is 0 Å². The largest absolute Gasteiger partial charge is 0.489 e. The molecule has 126 valence electrons. The van der Waals surface area contributed by atoms with Crippen molar-refractivity contribution in [2.24, 2.45) is 0 Å². The number of carbonyl (C=O) groups is 1. The Labute approximate surface area is 159 Å². The lowest BCUT2D eigenvalue weighted by molar-refractivity contribution is 0.0682. The van der Waals surface area contributed by atoms with Gasteiger partial charge in [0.15, 0.2) is 0 Å². The molecule has 1 fully saturated rings. The van der Waals surface area contributed by atoms with Crippen molar-refractivity contribution in [3.63, 3.8) is 0 Å². The number of anilines is 1. The van der Waals surface area contributed by atoms with E-state index in [0.29, 0.717) is 28.6 Å². The highest BCUT2D eigenvalue weighted by Crippen LogP contribution is 2.29. The zero-order valence-electron chi connectivity index (χ0n) is 12.9. The maximum absolute atomic E-state index is 12.5. The van der Waals surface area contributed by atoms with Crippen LogP contribution in [0.3, 0.4) is 0 Å². The summed E-state index contributed by atoms with van der Waals surface area (Å²) < 4.78 is 12.4. The lowest BCUT2D eigenvalue weighted by atomic mass is 10.2. The van der Waals surface area contributed by atoms with Gasteiger partial charge >= 0.3 is 0 Å². The smallest absolute Gasteiger partial charge is 0.255 e. The van der Waals surface area contributed by atoms with Gasteiger partial charge in [0, 0.05) is 20.8 Å². The molecule has 0 spiro atoms. The van der Waals surface area contributed by atoms with E-state index in [1.54, 1.807) is 24.3 Å². The molecule has 2 aromatic carbocycles. The topological polar surface area (TPSA) is 47.6 Å². The van der Waals surface area contributed by atoms with Crippen LogP contribution in [0.5, 0.6) is 5.75 Å². The van der Waals surface area contributed by atoms with Crippen molar-refractivity contribution in [1.29, 1.82) is 0 Å². The third-order valence-corrected chi connectivity index (χ3v) is 4.63. The zero-order chi connectivity index (χ0) is 16.9. The molecule has 1 saturated heterocycles. The van der Waals surface area contributed by atoms with E-state index in [-0.39, 0.29) is 12.0 Å². The van der Waals surface area contributed by atoms with Crippen LogP contribution in [0.15, 0.2) is 42.5 Å². The zero-order valence-corrected chi connectivity index (χ0v) is 15.8. The van der Waals surface area contributed by atoms with Gasteiger partial charge in [-0.15, -0.1) is 0 Å². The van der Waals surface area contributed by atoms with E-state index < -0.39 is 0 Å². The summed E-state index contributed by atoms with van der Waals surface area (Å²) in [5, 5.41) is 3.42. The van der Waals surface area contributed by atoms with Crippen molar-refractivity contribution < 1.29 is 14.3 Å². The number of ether oxygens (including phenoxy) is 2. The van der Waals surface area contributed by atoms with E-state index in [2.05, 4.69) is 27.9 Å². The minimum absolute atomic E-state index is 0.111. The molecule has 0 aliphatic carbocycles.